The van der Waals surface area contributed by atoms with Gasteiger partial charge in [0.25, 0.3) is 11.6 Å². The van der Waals surface area contributed by atoms with E-state index in [1.54, 1.807) is 0 Å². The van der Waals surface area contributed by atoms with Gasteiger partial charge in [0.15, 0.2) is 0 Å². The van der Waals surface area contributed by atoms with Crippen LogP contribution in [0.2, 0.25) is 0 Å². The van der Waals surface area contributed by atoms with Gasteiger partial charge in [-0.15, -0.1) is 8.78 Å². The van der Waals surface area contributed by atoms with Crippen molar-refractivity contribution in [3.8, 4) is 5.75 Å². The molecule has 0 radical (unpaired) electrons. The van der Waals surface area contributed by atoms with Crippen LogP contribution in [0.25, 0.3) is 0 Å². The lowest BCUT2D eigenvalue weighted by Gasteiger charge is -2.14. The van der Waals surface area contributed by atoms with Crippen molar-refractivity contribution in [1.82, 2.24) is 0 Å². The lowest BCUT2D eigenvalue weighted by molar-refractivity contribution is -0.384. The number of hydrogen-bond donors (Lipinski definition) is 4. The van der Waals surface area contributed by atoms with E-state index in [0.29, 0.717) is 0 Å². The van der Waals surface area contributed by atoms with E-state index >= 15 is 0 Å². The molecule has 2 rings (SSSR count). The maximum absolute atomic E-state index is 12.6. The number of benzene rings is 2. The Morgan fingerprint density at radius 2 is 1.97 bits per heavy atom. The summed E-state index contributed by atoms with van der Waals surface area (Å²) in [6, 6.07) is 7.23. The minimum absolute atomic E-state index is 0.0209. The molecule has 1 amide bonds. The van der Waals surface area contributed by atoms with Gasteiger partial charge >= 0.3 is 5.57 Å². The van der Waals surface area contributed by atoms with Gasteiger partial charge in [0.1, 0.15) is 11.4 Å². The summed E-state index contributed by atoms with van der Waals surface area (Å²) in [5.41, 5.74) is -4.13. The predicted molar refractivity (Wildman–Crippen MR) is 108 cm³/mol. The summed E-state index contributed by atoms with van der Waals surface area (Å²) in [6.45, 7) is -0.692. The average molecular weight is 511 g/mol. The number of nitrogens with zero attached hydrogens (tertiary/aromatic N) is 1. The molecule has 4 N–H and O–H groups in total. The highest BCUT2D eigenvalue weighted by Gasteiger charge is 2.27. The summed E-state index contributed by atoms with van der Waals surface area (Å²) < 4.78 is 29.6. The molecule has 0 fully saturated rings. The van der Waals surface area contributed by atoms with Crippen molar-refractivity contribution in [3.05, 3.63) is 56.5 Å². The fourth-order valence-electron chi connectivity index (χ4n) is 2.27. The van der Waals surface area contributed by atoms with E-state index in [-0.39, 0.29) is 33.7 Å². The highest BCUT2D eigenvalue weighted by molar-refractivity contribution is 9.10. The molecule has 0 unspecified atom stereocenters. The van der Waals surface area contributed by atoms with Crippen LogP contribution in [0.3, 0.4) is 0 Å². The SMILES string of the molecule is O=C(Nc1ccc(OC(F)(F)Cl)cc1)c1cc(Br)c(NC[C@H](O)CO)c([N+](=O)[O-])c1. The number of hydrogen-bond acceptors (Lipinski definition) is 7. The van der Waals surface area contributed by atoms with E-state index in [4.69, 9.17) is 5.11 Å². The molecule has 0 saturated heterocycles. The minimum Gasteiger partial charge on any atom is -0.420 e. The van der Waals surface area contributed by atoms with E-state index < -0.39 is 34.8 Å². The van der Waals surface area contributed by atoms with Crippen LogP contribution in [-0.4, -0.2) is 45.9 Å². The van der Waals surface area contributed by atoms with Crippen LogP contribution in [-0.2, 0) is 0 Å². The topological polar surface area (TPSA) is 134 Å². The van der Waals surface area contributed by atoms with Crippen molar-refractivity contribution < 1.29 is 33.4 Å². The molecule has 30 heavy (non-hydrogen) atoms. The van der Waals surface area contributed by atoms with E-state index in [9.17, 15) is 28.8 Å². The zero-order valence-corrected chi connectivity index (χ0v) is 17.3. The third kappa shape index (κ3) is 6.76. The molecule has 13 heteroatoms. The van der Waals surface area contributed by atoms with Gasteiger partial charge in [0, 0.05) is 39.9 Å². The third-order valence-electron chi connectivity index (χ3n) is 3.60. The lowest BCUT2D eigenvalue weighted by atomic mass is 10.1. The second-order valence-electron chi connectivity index (χ2n) is 5.85. The molecule has 0 aliphatic heterocycles. The van der Waals surface area contributed by atoms with Crippen molar-refractivity contribution >= 4 is 50.5 Å². The van der Waals surface area contributed by atoms with Gasteiger partial charge in [-0.1, -0.05) is 0 Å². The molecular formula is C17H15BrClF2N3O6. The molecule has 2 aromatic carbocycles. The van der Waals surface area contributed by atoms with Crippen LogP contribution >= 0.6 is 27.5 Å². The fraction of sp³-hybridized carbons (Fsp3) is 0.235. The Morgan fingerprint density at radius 3 is 2.50 bits per heavy atom. The Bertz CT molecular complexity index is 927. The molecule has 2 aromatic rings. The number of nitro benzene ring substituents is 1. The molecule has 0 aromatic heterocycles. The van der Waals surface area contributed by atoms with Gasteiger partial charge in [-0.3, -0.25) is 14.9 Å². The van der Waals surface area contributed by atoms with E-state index in [0.717, 1.165) is 18.2 Å². The Hall–Kier alpha value is -2.54. The number of ether oxygens (including phenoxy) is 1. The van der Waals surface area contributed by atoms with Crippen LogP contribution in [0, 0.1) is 10.1 Å². The first-order valence-corrected chi connectivity index (χ1v) is 9.35. The molecule has 0 aliphatic carbocycles. The molecular weight excluding hydrogens is 496 g/mol. The zero-order valence-electron chi connectivity index (χ0n) is 14.9. The normalized spacial score (nSPS) is 12.2. The van der Waals surface area contributed by atoms with Crippen LogP contribution in [0.1, 0.15) is 10.4 Å². The van der Waals surface area contributed by atoms with E-state index in [1.807, 2.05) is 0 Å². The number of anilines is 2. The second-order valence-corrected chi connectivity index (χ2v) is 7.15. The number of carbonyl (C=O) groups excluding carboxylic acids is 1. The Morgan fingerprint density at radius 1 is 1.33 bits per heavy atom. The van der Waals surface area contributed by atoms with E-state index in [2.05, 4.69) is 42.9 Å². The molecule has 0 heterocycles. The number of amides is 1. The number of carbonyl (C=O) groups is 1. The highest BCUT2D eigenvalue weighted by atomic mass is 79.9. The Balaban J connectivity index is 2.20. The van der Waals surface area contributed by atoms with Gasteiger partial charge in [0.05, 0.1) is 17.6 Å². The first-order valence-electron chi connectivity index (χ1n) is 8.18. The number of rotatable bonds is 9. The maximum atomic E-state index is 12.6. The highest BCUT2D eigenvalue weighted by Crippen LogP contribution is 2.34. The lowest BCUT2D eigenvalue weighted by Crippen LogP contribution is -2.23. The molecule has 1 atom stereocenters. The molecule has 0 spiro atoms. The number of nitrogens with one attached hydrogen (secondary N) is 2. The van der Waals surface area contributed by atoms with Crippen molar-refractivity contribution in [3.63, 3.8) is 0 Å². The largest absolute Gasteiger partial charge is 0.487 e. The summed E-state index contributed by atoms with van der Waals surface area (Å²) in [5, 5.41) is 34.8. The molecule has 0 saturated carbocycles. The maximum Gasteiger partial charge on any atom is 0.487 e. The predicted octanol–water partition coefficient (Wildman–Crippen LogP) is 3.54. The summed E-state index contributed by atoms with van der Waals surface area (Å²) in [4.78, 5) is 23.1. The van der Waals surface area contributed by atoms with Gasteiger partial charge in [0.2, 0.25) is 0 Å². The third-order valence-corrected chi connectivity index (χ3v) is 4.30. The molecule has 0 aliphatic rings. The molecule has 162 valence electrons. The molecule has 0 bridgehead atoms. The number of nitro groups is 1. The van der Waals surface area contributed by atoms with E-state index in [1.165, 1.54) is 18.2 Å². The smallest absolute Gasteiger partial charge is 0.420 e. The van der Waals surface area contributed by atoms with Crippen molar-refractivity contribution in [2.45, 2.75) is 11.7 Å². The standard InChI is InChI=1S/C17H15BrClF2N3O6/c18-13-5-9(6-14(24(28)29)15(13)22-7-11(26)8-25)16(27)23-10-1-3-12(4-2-10)30-17(19,20)21/h1-6,11,22,25-26H,7-8H2,(H,23,27)/t11-/m0/s1. The van der Waals surface area contributed by atoms with Crippen LogP contribution in [0.4, 0.5) is 25.8 Å². The number of halogens is 4. The first kappa shape index (κ1) is 23.7. The quantitative estimate of drug-likeness (QED) is 0.230. The Labute approximate surface area is 181 Å². The van der Waals surface area contributed by atoms with Crippen LogP contribution in [0.5, 0.6) is 5.75 Å². The number of aliphatic hydroxyl groups excluding tert-OH is 2. The average Bonchev–Trinajstić information content (AvgIpc) is 2.66. The molecule has 9 nitrogen and oxygen atoms in total. The second kappa shape index (κ2) is 9.98. The monoisotopic (exact) mass is 509 g/mol. The fourth-order valence-corrected chi connectivity index (χ4v) is 2.95. The van der Waals surface area contributed by atoms with Crippen molar-refractivity contribution in [2.75, 3.05) is 23.8 Å². The van der Waals surface area contributed by atoms with Crippen molar-refractivity contribution in [1.29, 1.82) is 0 Å². The first-order chi connectivity index (χ1) is 14.0. The summed E-state index contributed by atoms with van der Waals surface area (Å²) in [5.74, 6) is -0.927. The van der Waals surface area contributed by atoms with Gasteiger partial charge in [-0.25, -0.2) is 0 Å². The minimum atomic E-state index is -3.88. The van der Waals surface area contributed by atoms with Crippen molar-refractivity contribution in [2.24, 2.45) is 0 Å². The number of alkyl halides is 3. The van der Waals surface area contributed by atoms with Gasteiger partial charge < -0.3 is 25.6 Å². The summed E-state index contributed by atoms with van der Waals surface area (Å²) in [7, 11) is 0. The number of aliphatic hydroxyl groups is 2. The zero-order chi connectivity index (χ0) is 22.5. The van der Waals surface area contributed by atoms with Gasteiger partial charge in [-0.05, 0) is 46.3 Å². The summed E-state index contributed by atoms with van der Waals surface area (Å²) >= 11 is 7.81. The van der Waals surface area contributed by atoms with Gasteiger partial charge in [-0.2, -0.15) is 0 Å². The van der Waals surface area contributed by atoms with Crippen LogP contribution < -0.4 is 15.4 Å². The Kier molecular flexibility index (Phi) is 7.89. The summed E-state index contributed by atoms with van der Waals surface area (Å²) in [6.07, 6.45) is -1.13. The van der Waals surface area contributed by atoms with Crippen LogP contribution in [0.15, 0.2) is 40.9 Å².